The Labute approximate surface area is 132 Å². The number of nitrogens with one attached hydrogen (secondary N) is 2. The molecular formula is C12H14Cl2N4O2S. The molecule has 4 N–H and O–H groups in total. The maximum absolute atomic E-state index is 12.3. The van der Waals surface area contributed by atoms with E-state index in [2.05, 4.69) is 14.7 Å². The van der Waals surface area contributed by atoms with E-state index in [1.54, 1.807) is 12.4 Å². The molecule has 0 amide bonds. The molecule has 114 valence electrons. The van der Waals surface area contributed by atoms with Crippen molar-refractivity contribution in [3.8, 4) is 0 Å². The molecule has 0 unspecified atom stereocenters. The minimum atomic E-state index is -3.73. The first-order valence-electron chi connectivity index (χ1n) is 6.10. The van der Waals surface area contributed by atoms with Crippen molar-refractivity contribution in [3.63, 3.8) is 0 Å². The smallest absolute Gasteiger partial charge is 0.242 e. The molecule has 1 heterocycles. The second kappa shape index (κ2) is 6.76. The number of imidazole rings is 1. The summed E-state index contributed by atoms with van der Waals surface area (Å²) in [4.78, 5) is 6.88. The number of benzene rings is 1. The van der Waals surface area contributed by atoms with Crippen molar-refractivity contribution in [3.05, 3.63) is 46.0 Å². The van der Waals surface area contributed by atoms with E-state index in [0.29, 0.717) is 22.8 Å². The molecule has 21 heavy (non-hydrogen) atoms. The Bertz CT molecular complexity index is 717. The normalized spacial score (nSPS) is 11.8. The average Bonchev–Trinajstić information content (AvgIpc) is 2.91. The molecule has 9 heteroatoms. The Kier molecular flexibility index (Phi) is 5.23. The highest BCUT2D eigenvalue weighted by Crippen LogP contribution is 2.28. The number of hydrogen-bond acceptors (Lipinski definition) is 4. The van der Waals surface area contributed by atoms with E-state index in [1.165, 1.54) is 12.1 Å². The number of hydrogen-bond donors (Lipinski definition) is 3. The lowest BCUT2D eigenvalue weighted by atomic mass is 10.2. The number of aromatic amines is 1. The second-order valence-corrected chi connectivity index (χ2v) is 6.81. The number of rotatable bonds is 6. The molecular weight excluding hydrogens is 335 g/mol. The van der Waals surface area contributed by atoms with E-state index in [1.807, 2.05) is 0 Å². The summed E-state index contributed by atoms with van der Waals surface area (Å²) in [6.45, 7) is 0.331. The number of halogens is 2. The fourth-order valence-electron chi connectivity index (χ4n) is 1.75. The van der Waals surface area contributed by atoms with Gasteiger partial charge in [0.05, 0.1) is 5.02 Å². The molecule has 0 saturated heterocycles. The fourth-order valence-corrected chi connectivity index (χ4v) is 3.65. The lowest BCUT2D eigenvalue weighted by Crippen LogP contribution is -2.26. The van der Waals surface area contributed by atoms with Crippen molar-refractivity contribution in [2.45, 2.75) is 17.9 Å². The molecule has 1 aromatic carbocycles. The van der Waals surface area contributed by atoms with Gasteiger partial charge in [0.1, 0.15) is 10.7 Å². The van der Waals surface area contributed by atoms with Gasteiger partial charge < -0.3 is 10.7 Å². The topological polar surface area (TPSA) is 101 Å². The number of aromatic nitrogens is 2. The Hall–Kier alpha value is -1.12. The molecule has 0 atom stereocenters. The summed E-state index contributed by atoms with van der Waals surface area (Å²) in [5, 5.41) is 0.403. The molecule has 1 aromatic heterocycles. The Balaban J connectivity index is 2.15. The van der Waals surface area contributed by atoms with Gasteiger partial charge in [-0.1, -0.05) is 23.2 Å². The maximum Gasteiger partial charge on any atom is 0.242 e. The van der Waals surface area contributed by atoms with E-state index in [-0.39, 0.29) is 23.0 Å². The van der Waals surface area contributed by atoms with Crippen LogP contribution < -0.4 is 10.5 Å². The molecule has 0 bridgehead atoms. The van der Waals surface area contributed by atoms with E-state index >= 15 is 0 Å². The predicted molar refractivity (Wildman–Crippen MR) is 81.8 cm³/mol. The molecule has 2 aromatic rings. The van der Waals surface area contributed by atoms with Crippen LogP contribution in [-0.2, 0) is 23.0 Å². The van der Waals surface area contributed by atoms with Crippen molar-refractivity contribution in [2.75, 3.05) is 6.54 Å². The molecule has 0 saturated carbocycles. The first-order chi connectivity index (χ1) is 9.94. The number of sulfonamides is 1. The van der Waals surface area contributed by atoms with E-state index in [0.717, 1.165) is 0 Å². The lowest BCUT2D eigenvalue weighted by Gasteiger charge is -2.10. The van der Waals surface area contributed by atoms with Gasteiger partial charge in [0.2, 0.25) is 10.0 Å². The molecule has 0 aliphatic carbocycles. The zero-order chi connectivity index (χ0) is 15.5. The van der Waals surface area contributed by atoms with Gasteiger partial charge in [0.25, 0.3) is 0 Å². The largest absolute Gasteiger partial charge is 0.349 e. The number of nitrogens with two attached hydrogens (primary N) is 1. The fraction of sp³-hybridized carbons (Fsp3) is 0.250. The maximum atomic E-state index is 12.3. The van der Waals surface area contributed by atoms with Crippen molar-refractivity contribution in [1.29, 1.82) is 0 Å². The Morgan fingerprint density at radius 3 is 2.67 bits per heavy atom. The molecule has 0 spiro atoms. The van der Waals surface area contributed by atoms with Crippen LogP contribution in [0.5, 0.6) is 0 Å². The van der Waals surface area contributed by atoms with E-state index < -0.39 is 10.0 Å². The van der Waals surface area contributed by atoms with Crippen LogP contribution in [0.15, 0.2) is 29.4 Å². The third-order valence-electron chi connectivity index (χ3n) is 2.82. The molecule has 2 rings (SSSR count). The van der Waals surface area contributed by atoms with Crippen LogP contribution in [0.1, 0.15) is 11.4 Å². The molecule has 0 fully saturated rings. The number of nitrogens with zero attached hydrogens (tertiary/aromatic N) is 1. The van der Waals surface area contributed by atoms with Crippen LogP contribution >= 0.6 is 23.2 Å². The summed E-state index contributed by atoms with van der Waals surface area (Å²) in [5.41, 5.74) is 6.04. The van der Waals surface area contributed by atoms with Gasteiger partial charge in [-0.25, -0.2) is 18.1 Å². The standard InChI is InChI=1S/C12H14Cl2N4O2S/c13-9-6-10(14)11(5-8(9)7-15)21(19,20)18-2-1-12-16-3-4-17-12/h3-6,18H,1-2,7,15H2,(H,16,17). The molecule has 0 aliphatic rings. The third kappa shape index (κ3) is 3.96. The zero-order valence-electron chi connectivity index (χ0n) is 10.9. The van der Waals surface area contributed by atoms with Gasteiger partial charge in [-0.2, -0.15) is 0 Å². The van der Waals surface area contributed by atoms with Crippen molar-refractivity contribution >= 4 is 33.2 Å². The highest BCUT2D eigenvalue weighted by atomic mass is 35.5. The van der Waals surface area contributed by atoms with Crippen molar-refractivity contribution in [1.82, 2.24) is 14.7 Å². The van der Waals surface area contributed by atoms with Gasteiger partial charge in [0.15, 0.2) is 0 Å². The molecule has 0 aliphatic heterocycles. The monoisotopic (exact) mass is 348 g/mol. The van der Waals surface area contributed by atoms with Crippen molar-refractivity contribution < 1.29 is 8.42 Å². The lowest BCUT2D eigenvalue weighted by molar-refractivity contribution is 0.581. The summed E-state index contributed by atoms with van der Waals surface area (Å²) in [6, 6.07) is 2.77. The first-order valence-corrected chi connectivity index (χ1v) is 8.34. The molecule has 6 nitrogen and oxygen atoms in total. The summed E-state index contributed by atoms with van der Waals surface area (Å²) in [7, 11) is -3.73. The van der Waals surface area contributed by atoms with E-state index in [4.69, 9.17) is 28.9 Å². The van der Waals surface area contributed by atoms with Crippen LogP contribution in [0.3, 0.4) is 0 Å². The number of H-pyrrole nitrogens is 1. The van der Waals surface area contributed by atoms with Crippen LogP contribution in [-0.4, -0.2) is 24.9 Å². The summed E-state index contributed by atoms with van der Waals surface area (Å²) in [5.74, 6) is 0.697. The van der Waals surface area contributed by atoms with Gasteiger partial charge in [-0.3, -0.25) is 0 Å². The second-order valence-electron chi connectivity index (χ2n) is 4.26. The summed E-state index contributed by atoms with van der Waals surface area (Å²) >= 11 is 11.9. The highest BCUT2D eigenvalue weighted by Gasteiger charge is 2.19. The Morgan fingerprint density at radius 2 is 2.05 bits per heavy atom. The van der Waals surface area contributed by atoms with Gasteiger partial charge in [0, 0.05) is 36.9 Å². The summed E-state index contributed by atoms with van der Waals surface area (Å²) in [6.07, 6.45) is 3.72. The van der Waals surface area contributed by atoms with Crippen molar-refractivity contribution in [2.24, 2.45) is 5.73 Å². The van der Waals surface area contributed by atoms with E-state index in [9.17, 15) is 8.42 Å². The third-order valence-corrected chi connectivity index (χ3v) is 5.10. The highest BCUT2D eigenvalue weighted by molar-refractivity contribution is 7.89. The predicted octanol–water partition coefficient (Wildman–Crippen LogP) is 1.70. The first kappa shape index (κ1) is 16.3. The van der Waals surface area contributed by atoms with Crippen LogP contribution in [0.25, 0.3) is 0 Å². The van der Waals surface area contributed by atoms with Crippen LogP contribution in [0.2, 0.25) is 10.0 Å². The van der Waals surface area contributed by atoms with Gasteiger partial charge in [-0.15, -0.1) is 0 Å². The minimum absolute atomic E-state index is 0.0338. The van der Waals surface area contributed by atoms with Gasteiger partial charge >= 0.3 is 0 Å². The van der Waals surface area contributed by atoms with Crippen LogP contribution in [0.4, 0.5) is 0 Å². The summed E-state index contributed by atoms with van der Waals surface area (Å²) < 4.78 is 27.0. The average molecular weight is 349 g/mol. The van der Waals surface area contributed by atoms with Crippen LogP contribution in [0, 0.1) is 0 Å². The minimum Gasteiger partial charge on any atom is -0.349 e. The molecule has 0 radical (unpaired) electrons. The Morgan fingerprint density at radius 1 is 1.29 bits per heavy atom. The SMILES string of the molecule is NCc1cc(S(=O)(=O)NCCc2ncc[nH]2)c(Cl)cc1Cl. The quantitative estimate of drug-likeness (QED) is 0.739. The van der Waals surface area contributed by atoms with Gasteiger partial charge in [-0.05, 0) is 17.7 Å². The zero-order valence-corrected chi connectivity index (χ0v) is 13.3.